The molecule has 0 saturated carbocycles. The zero-order chi connectivity index (χ0) is 17.0. The average molecular weight is 344 g/mol. The molecule has 23 heavy (non-hydrogen) atoms. The van der Waals surface area contributed by atoms with E-state index in [0.29, 0.717) is 25.5 Å². The SMILES string of the molecule is C=CCNC(=O)C1CCN(S(=O)(=O)c2ccc(F)c(F)c2)CC1. The highest BCUT2D eigenvalue weighted by atomic mass is 32.2. The van der Waals surface area contributed by atoms with Crippen molar-refractivity contribution in [1.29, 1.82) is 0 Å². The van der Waals surface area contributed by atoms with E-state index in [9.17, 15) is 22.0 Å². The van der Waals surface area contributed by atoms with Gasteiger partial charge in [-0.3, -0.25) is 4.79 Å². The van der Waals surface area contributed by atoms with E-state index >= 15 is 0 Å². The lowest BCUT2D eigenvalue weighted by Crippen LogP contribution is -2.43. The Morgan fingerprint density at radius 1 is 1.30 bits per heavy atom. The first kappa shape index (κ1) is 17.6. The molecule has 0 radical (unpaired) electrons. The Morgan fingerprint density at radius 2 is 1.96 bits per heavy atom. The van der Waals surface area contributed by atoms with Gasteiger partial charge in [-0.1, -0.05) is 6.08 Å². The number of piperidine rings is 1. The van der Waals surface area contributed by atoms with Crippen molar-refractivity contribution in [3.8, 4) is 0 Å². The number of carbonyl (C=O) groups is 1. The lowest BCUT2D eigenvalue weighted by atomic mass is 9.97. The van der Waals surface area contributed by atoms with Crippen molar-refractivity contribution in [1.82, 2.24) is 9.62 Å². The molecule has 0 spiro atoms. The molecule has 8 heteroatoms. The Morgan fingerprint density at radius 3 is 2.52 bits per heavy atom. The molecule has 126 valence electrons. The number of hydrogen-bond donors (Lipinski definition) is 1. The van der Waals surface area contributed by atoms with Gasteiger partial charge in [-0.25, -0.2) is 17.2 Å². The third kappa shape index (κ3) is 3.94. The van der Waals surface area contributed by atoms with Gasteiger partial charge in [0, 0.05) is 25.6 Å². The first-order valence-electron chi connectivity index (χ1n) is 7.20. The van der Waals surface area contributed by atoms with Crippen molar-refractivity contribution in [3.63, 3.8) is 0 Å². The first-order valence-corrected chi connectivity index (χ1v) is 8.64. The van der Waals surface area contributed by atoms with Crippen LogP contribution in [0.5, 0.6) is 0 Å². The fraction of sp³-hybridized carbons (Fsp3) is 0.400. The number of benzene rings is 1. The molecule has 0 atom stereocenters. The molecule has 1 aromatic rings. The second-order valence-electron chi connectivity index (χ2n) is 5.29. The number of hydrogen-bond acceptors (Lipinski definition) is 3. The summed E-state index contributed by atoms with van der Waals surface area (Å²) in [6.07, 6.45) is 2.33. The second kappa shape index (κ2) is 7.18. The number of nitrogens with zero attached hydrogens (tertiary/aromatic N) is 1. The number of sulfonamides is 1. The summed E-state index contributed by atoms with van der Waals surface area (Å²) in [6, 6.07) is 2.50. The van der Waals surface area contributed by atoms with Gasteiger partial charge < -0.3 is 5.32 Å². The van der Waals surface area contributed by atoms with Crippen molar-refractivity contribution in [2.45, 2.75) is 17.7 Å². The molecule has 1 aromatic carbocycles. The molecule has 0 unspecified atom stereocenters. The van der Waals surface area contributed by atoms with Crippen LogP contribution in [-0.4, -0.2) is 38.3 Å². The number of carbonyl (C=O) groups excluding carboxylic acids is 1. The van der Waals surface area contributed by atoms with Crippen LogP contribution in [0, 0.1) is 17.6 Å². The average Bonchev–Trinajstić information content (AvgIpc) is 2.55. The normalized spacial score (nSPS) is 17.0. The molecular weight excluding hydrogens is 326 g/mol. The third-order valence-electron chi connectivity index (χ3n) is 3.77. The first-order chi connectivity index (χ1) is 10.9. The molecule has 1 heterocycles. The van der Waals surface area contributed by atoms with Crippen LogP contribution in [0.3, 0.4) is 0 Å². The van der Waals surface area contributed by atoms with E-state index in [0.717, 1.165) is 12.1 Å². The molecule has 0 aromatic heterocycles. The summed E-state index contributed by atoms with van der Waals surface area (Å²) in [4.78, 5) is 11.6. The highest BCUT2D eigenvalue weighted by Gasteiger charge is 2.32. The largest absolute Gasteiger partial charge is 0.352 e. The van der Waals surface area contributed by atoms with E-state index in [2.05, 4.69) is 11.9 Å². The monoisotopic (exact) mass is 344 g/mol. The molecule has 2 rings (SSSR count). The lowest BCUT2D eigenvalue weighted by Gasteiger charge is -2.30. The van der Waals surface area contributed by atoms with Crippen molar-refractivity contribution in [2.75, 3.05) is 19.6 Å². The van der Waals surface area contributed by atoms with Crippen LogP contribution in [0.2, 0.25) is 0 Å². The Labute approximate surface area is 134 Å². The van der Waals surface area contributed by atoms with E-state index < -0.39 is 21.7 Å². The fourth-order valence-corrected chi connectivity index (χ4v) is 3.94. The minimum Gasteiger partial charge on any atom is -0.352 e. The van der Waals surface area contributed by atoms with Crippen molar-refractivity contribution < 1.29 is 22.0 Å². The standard InChI is InChI=1S/C15H18F2N2O3S/c1-2-7-18-15(20)11-5-8-19(9-6-11)23(21,22)12-3-4-13(16)14(17)10-12/h2-4,10-11H,1,5-9H2,(H,18,20). The predicted octanol–water partition coefficient (Wildman–Crippen LogP) is 1.67. The maximum atomic E-state index is 13.2. The highest BCUT2D eigenvalue weighted by molar-refractivity contribution is 7.89. The van der Waals surface area contributed by atoms with Gasteiger partial charge in [0.25, 0.3) is 0 Å². The second-order valence-corrected chi connectivity index (χ2v) is 7.23. The van der Waals surface area contributed by atoms with E-state index in [-0.39, 0.29) is 29.8 Å². The summed E-state index contributed by atoms with van der Waals surface area (Å²) in [6.45, 7) is 4.20. The Hall–Kier alpha value is -1.80. The summed E-state index contributed by atoms with van der Waals surface area (Å²) in [5, 5.41) is 2.68. The molecular formula is C15H18F2N2O3S. The molecule has 1 saturated heterocycles. The van der Waals surface area contributed by atoms with Crippen molar-refractivity contribution in [2.24, 2.45) is 5.92 Å². The fourth-order valence-electron chi connectivity index (χ4n) is 2.46. The number of nitrogens with one attached hydrogen (secondary N) is 1. The minimum absolute atomic E-state index is 0.130. The lowest BCUT2D eigenvalue weighted by molar-refractivity contribution is -0.125. The molecule has 0 aliphatic carbocycles. The summed E-state index contributed by atoms with van der Waals surface area (Å²) in [7, 11) is -3.89. The summed E-state index contributed by atoms with van der Waals surface area (Å²) in [5.41, 5.74) is 0. The van der Waals surface area contributed by atoms with Crippen LogP contribution < -0.4 is 5.32 Å². The maximum Gasteiger partial charge on any atom is 0.243 e. The van der Waals surface area contributed by atoms with Gasteiger partial charge in [0.05, 0.1) is 4.90 Å². The Balaban J connectivity index is 2.05. The summed E-state index contributed by atoms with van der Waals surface area (Å²) < 4.78 is 52.2. The van der Waals surface area contributed by atoms with Gasteiger partial charge in [0.2, 0.25) is 15.9 Å². The smallest absolute Gasteiger partial charge is 0.243 e. The molecule has 1 fully saturated rings. The van der Waals surface area contributed by atoms with Crippen molar-refractivity contribution >= 4 is 15.9 Å². The van der Waals surface area contributed by atoms with Crippen molar-refractivity contribution in [3.05, 3.63) is 42.5 Å². The maximum absolute atomic E-state index is 13.2. The van der Waals surface area contributed by atoms with Gasteiger partial charge >= 0.3 is 0 Å². The van der Waals surface area contributed by atoms with E-state index in [1.165, 1.54) is 4.31 Å². The van der Waals surface area contributed by atoms with E-state index in [4.69, 9.17) is 0 Å². The highest BCUT2D eigenvalue weighted by Crippen LogP contribution is 2.24. The summed E-state index contributed by atoms with van der Waals surface area (Å²) in [5.74, 6) is -2.69. The van der Waals surface area contributed by atoms with Crippen LogP contribution in [-0.2, 0) is 14.8 Å². The van der Waals surface area contributed by atoms with Crippen LogP contribution in [0.25, 0.3) is 0 Å². The Bertz CT molecular complexity index is 699. The van der Waals surface area contributed by atoms with E-state index in [1.54, 1.807) is 6.08 Å². The number of rotatable bonds is 5. The van der Waals surface area contributed by atoms with Gasteiger partial charge in [-0.05, 0) is 31.0 Å². The quantitative estimate of drug-likeness (QED) is 0.827. The van der Waals surface area contributed by atoms with Crippen LogP contribution in [0.15, 0.2) is 35.7 Å². The molecule has 1 aliphatic heterocycles. The van der Waals surface area contributed by atoms with Gasteiger partial charge in [-0.15, -0.1) is 6.58 Å². The third-order valence-corrected chi connectivity index (χ3v) is 5.67. The minimum atomic E-state index is -3.89. The molecule has 1 aliphatic rings. The Kier molecular flexibility index (Phi) is 5.48. The molecule has 1 amide bonds. The molecule has 1 N–H and O–H groups in total. The van der Waals surface area contributed by atoms with E-state index in [1.807, 2.05) is 0 Å². The predicted molar refractivity (Wildman–Crippen MR) is 81.0 cm³/mol. The van der Waals surface area contributed by atoms with Crippen LogP contribution >= 0.6 is 0 Å². The molecule has 5 nitrogen and oxygen atoms in total. The van der Waals surface area contributed by atoms with Gasteiger partial charge in [-0.2, -0.15) is 4.31 Å². The van der Waals surface area contributed by atoms with Crippen LogP contribution in [0.1, 0.15) is 12.8 Å². The molecule has 0 bridgehead atoms. The summed E-state index contributed by atoms with van der Waals surface area (Å²) >= 11 is 0. The zero-order valence-corrected chi connectivity index (χ0v) is 13.3. The zero-order valence-electron chi connectivity index (χ0n) is 12.5. The number of halogens is 2. The van der Waals surface area contributed by atoms with Crippen LogP contribution in [0.4, 0.5) is 8.78 Å². The topological polar surface area (TPSA) is 66.5 Å². The van der Waals surface area contributed by atoms with Gasteiger partial charge in [0.1, 0.15) is 0 Å². The number of amides is 1. The van der Waals surface area contributed by atoms with Gasteiger partial charge in [0.15, 0.2) is 11.6 Å².